The fourth-order valence-corrected chi connectivity index (χ4v) is 2.91. The number of nitrogens with zero attached hydrogens (tertiary/aromatic N) is 4. The summed E-state index contributed by atoms with van der Waals surface area (Å²) in [7, 11) is 0. The largest absolute Gasteiger partial charge is 0.452 e. The molecule has 7 nitrogen and oxygen atoms in total. The molecule has 0 saturated heterocycles. The van der Waals surface area contributed by atoms with Gasteiger partial charge in [-0.1, -0.05) is 6.07 Å². The third-order valence-electron chi connectivity index (χ3n) is 3.77. The smallest absolute Gasteiger partial charge is 0.422 e. The van der Waals surface area contributed by atoms with E-state index in [0.717, 1.165) is 0 Å². The summed E-state index contributed by atoms with van der Waals surface area (Å²) in [5, 5.41) is 4.00. The van der Waals surface area contributed by atoms with E-state index in [1.807, 2.05) is 0 Å². The van der Waals surface area contributed by atoms with E-state index < -0.39 is 18.8 Å². The molecule has 1 aromatic carbocycles. The van der Waals surface area contributed by atoms with Crippen LogP contribution in [0.15, 0.2) is 29.0 Å². The molecular formula is C16H13BrF3N5O2. The van der Waals surface area contributed by atoms with Gasteiger partial charge in [0, 0.05) is 22.2 Å². The van der Waals surface area contributed by atoms with Crippen molar-refractivity contribution in [3.05, 3.63) is 51.4 Å². The first-order valence-electron chi connectivity index (χ1n) is 7.62. The third-order valence-corrected chi connectivity index (χ3v) is 4.46. The Morgan fingerprint density at radius 3 is 2.81 bits per heavy atom. The Balaban J connectivity index is 1.90. The molecule has 3 rings (SSSR count). The molecule has 0 spiro atoms. The van der Waals surface area contributed by atoms with Crippen molar-refractivity contribution < 1.29 is 22.7 Å². The number of hydrogen-bond donors (Lipinski definition) is 1. The number of esters is 1. The summed E-state index contributed by atoms with van der Waals surface area (Å²) in [6.07, 6.45) is -2.96. The second-order valence-electron chi connectivity index (χ2n) is 5.72. The number of rotatable bonds is 4. The maximum absolute atomic E-state index is 12.3. The molecule has 0 fully saturated rings. The Bertz CT molecular complexity index is 1020. The molecule has 0 bridgehead atoms. The highest BCUT2D eigenvalue weighted by Gasteiger charge is 2.30. The highest BCUT2D eigenvalue weighted by atomic mass is 79.9. The van der Waals surface area contributed by atoms with E-state index in [9.17, 15) is 18.0 Å². The minimum absolute atomic E-state index is 0.0113. The van der Waals surface area contributed by atoms with Crippen LogP contribution in [0.5, 0.6) is 0 Å². The maximum atomic E-state index is 12.3. The van der Waals surface area contributed by atoms with E-state index in [2.05, 4.69) is 35.7 Å². The summed E-state index contributed by atoms with van der Waals surface area (Å²) in [4.78, 5) is 20.3. The van der Waals surface area contributed by atoms with Crippen LogP contribution < -0.4 is 5.73 Å². The molecule has 27 heavy (non-hydrogen) atoms. The fourth-order valence-electron chi connectivity index (χ4n) is 2.50. The molecule has 0 amide bonds. The van der Waals surface area contributed by atoms with Gasteiger partial charge in [0.1, 0.15) is 12.1 Å². The molecule has 0 aliphatic heterocycles. The molecule has 2 N–H and O–H groups in total. The van der Waals surface area contributed by atoms with Crippen molar-refractivity contribution in [2.75, 3.05) is 12.3 Å². The van der Waals surface area contributed by atoms with Crippen LogP contribution in [0.2, 0.25) is 0 Å². The van der Waals surface area contributed by atoms with Gasteiger partial charge in [0.2, 0.25) is 0 Å². The van der Waals surface area contributed by atoms with Crippen LogP contribution in [-0.2, 0) is 11.2 Å². The topological polar surface area (TPSA) is 95.4 Å². The zero-order chi connectivity index (χ0) is 19.8. The third kappa shape index (κ3) is 4.18. The average Bonchev–Trinajstić information content (AvgIpc) is 3.05. The number of halogens is 4. The Kier molecular flexibility index (Phi) is 5.05. The number of carbonyl (C=O) groups is 1. The Labute approximate surface area is 159 Å². The molecule has 3 aromatic rings. The van der Waals surface area contributed by atoms with Crippen molar-refractivity contribution in [1.29, 1.82) is 0 Å². The van der Waals surface area contributed by atoms with Crippen molar-refractivity contribution in [3.8, 4) is 0 Å². The van der Waals surface area contributed by atoms with Crippen molar-refractivity contribution in [2.24, 2.45) is 0 Å². The molecule has 0 atom stereocenters. The number of anilines is 1. The summed E-state index contributed by atoms with van der Waals surface area (Å²) in [5.74, 6) is -0.365. The number of aryl methyl sites for hydroxylation is 1. The SMILES string of the molecule is Cc1nc2ncnn2c(N)c1Cc1ccc(Br)c(C(=O)OCC(F)(F)F)c1. The lowest BCUT2D eigenvalue weighted by Crippen LogP contribution is -2.20. The zero-order valence-corrected chi connectivity index (χ0v) is 15.5. The Morgan fingerprint density at radius 1 is 1.37 bits per heavy atom. The summed E-state index contributed by atoms with van der Waals surface area (Å²) in [5.41, 5.74) is 8.07. The Morgan fingerprint density at radius 2 is 2.11 bits per heavy atom. The zero-order valence-electron chi connectivity index (χ0n) is 13.9. The standard InChI is InChI=1S/C16H13BrF3N5O2/c1-8-10(13(21)25-15(24-8)22-7-23-25)4-9-2-3-12(17)11(5-9)14(26)27-6-16(18,19)20/h2-3,5,7H,4,6,21H2,1H3. The van der Waals surface area contributed by atoms with Crippen molar-refractivity contribution in [3.63, 3.8) is 0 Å². The van der Waals surface area contributed by atoms with Gasteiger partial charge in [-0.15, -0.1) is 0 Å². The quantitative estimate of drug-likeness (QED) is 0.622. The number of nitrogens with two attached hydrogens (primary N) is 1. The first-order chi connectivity index (χ1) is 12.7. The van der Waals surface area contributed by atoms with Crippen LogP contribution in [0.1, 0.15) is 27.2 Å². The number of hydrogen-bond acceptors (Lipinski definition) is 6. The first kappa shape index (κ1) is 19.1. The highest BCUT2D eigenvalue weighted by Crippen LogP contribution is 2.25. The molecule has 11 heteroatoms. The van der Waals surface area contributed by atoms with Crippen molar-refractivity contribution >= 4 is 33.5 Å². The van der Waals surface area contributed by atoms with Gasteiger partial charge in [0.05, 0.1) is 5.56 Å². The summed E-state index contributed by atoms with van der Waals surface area (Å²) < 4.78 is 42.8. The minimum atomic E-state index is -4.59. The maximum Gasteiger partial charge on any atom is 0.422 e. The van der Waals surface area contributed by atoms with Crippen LogP contribution >= 0.6 is 15.9 Å². The molecule has 0 aliphatic carbocycles. The number of aromatic nitrogens is 4. The van der Waals surface area contributed by atoms with Gasteiger partial charge in [0.15, 0.2) is 6.61 Å². The summed E-state index contributed by atoms with van der Waals surface area (Å²) in [6, 6.07) is 4.73. The van der Waals surface area contributed by atoms with Gasteiger partial charge < -0.3 is 10.5 Å². The van der Waals surface area contributed by atoms with Gasteiger partial charge in [-0.25, -0.2) is 9.78 Å². The normalized spacial score (nSPS) is 11.7. The van der Waals surface area contributed by atoms with Crippen LogP contribution in [0.3, 0.4) is 0 Å². The number of alkyl halides is 3. The number of benzene rings is 1. The predicted molar refractivity (Wildman–Crippen MR) is 93.2 cm³/mol. The van der Waals surface area contributed by atoms with Gasteiger partial charge >= 0.3 is 12.1 Å². The summed E-state index contributed by atoms with van der Waals surface area (Å²) in [6.45, 7) is 0.110. The fraction of sp³-hybridized carbons (Fsp3) is 0.250. The van der Waals surface area contributed by atoms with E-state index in [1.165, 1.54) is 16.9 Å². The summed E-state index contributed by atoms with van der Waals surface area (Å²) >= 11 is 3.15. The molecular weight excluding hydrogens is 431 g/mol. The van der Waals surface area contributed by atoms with E-state index in [4.69, 9.17) is 5.73 Å². The average molecular weight is 444 g/mol. The van der Waals surface area contributed by atoms with Crippen LogP contribution in [0, 0.1) is 6.92 Å². The van der Waals surface area contributed by atoms with Crippen LogP contribution in [0.25, 0.3) is 5.78 Å². The second-order valence-corrected chi connectivity index (χ2v) is 6.57. The van der Waals surface area contributed by atoms with Crippen LogP contribution in [0.4, 0.5) is 19.0 Å². The lowest BCUT2D eigenvalue weighted by atomic mass is 10.0. The predicted octanol–water partition coefficient (Wildman–Crippen LogP) is 3.09. The number of carbonyl (C=O) groups excluding carboxylic acids is 1. The molecule has 0 saturated carbocycles. The van der Waals surface area contributed by atoms with E-state index in [1.54, 1.807) is 19.1 Å². The lowest BCUT2D eigenvalue weighted by molar-refractivity contribution is -0.161. The van der Waals surface area contributed by atoms with Crippen molar-refractivity contribution in [1.82, 2.24) is 19.6 Å². The molecule has 0 unspecified atom stereocenters. The van der Waals surface area contributed by atoms with Gasteiger partial charge in [-0.2, -0.15) is 27.8 Å². The van der Waals surface area contributed by atoms with Gasteiger partial charge in [-0.05, 0) is 40.5 Å². The van der Waals surface area contributed by atoms with Crippen LogP contribution in [-0.4, -0.2) is 38.3 Å². The molecule has 2 aromatic heterocycles. The minimum Gasteiger partial charge on any atom is -0.452 e. The van der Waals surface area contributed by atoms with Gasteiger partial charge in [0.25, 0.3) is 5.78 Å². The first-order valence-corrected chi connectivity index (χ1v) is 8.42. The Hall–Kier alpha value is -2.69. The number of fused-ring (bicyclic) bond motifs is 1. The number of ether oxygens (including phenoxy) is 1. The molecule has 2 heterocycles. The monoisotopic (exact) mass is 443 g/mol. The van der Waals surface area contributed by atoms with E-state index >= 15 is 0 Å². The molecule has 142 valence electrons. The van der Waals surface area contributed by atoms with Crippen molar-refractivity contribution in [2.45, 2.75) is 19.5 Å². The highest BCUT2D eigenvalue weighted by molar-refractivity contribution is 9.10. The second kappa shape index (κ2) is 7.14. The lowest BCUT2D eigenvalue weighted by Gasteiger charge is -2.12. The van der Waals surface area contributed by atoms with E-state index in [-0.39, 0.29) is 5.56 Å². The van der Waals surface area contributed by atoms with Gasteiger partial charge in [-0.3, -0.25) is 0 Å². The molecule has 0 radical (unpaired) electrons. The molecule has 0 aliphatic rings. The number of nitrogen functional groups attached to an aromatic ring is 1. The van der Waals surface area contributed by atoms with E-state index in [0.29, 0.717) is 39.3 Å².